The Balaban J connectivity index is 1.67. The van der Waals surface area contributed by atoms with Crippen LogP contribution < -0.4 is 10.3 Å². The molecule has 0 saturated heterocycles. The quantitative estimate of drug-likeness (QED) is 0.673. The molecule has 2 aromatic rings. The van der Waals surface area contributed by atoms with Crippen LogP contribution >= 0.6 is 0 Å². The topological polar surface area (TPSA) is 75.3 Å². The monoisotopic (exact) mass is 337 g/mol. The zero-order valence-electron chi connectivity index (χ0n) is 14.3. The highest BCUT2D eigenvalue weighted by Crippen LogP contribution is 2.24. The van der Waals surface area contributed by atoms with Crippen molar-refractivity contribution < 1.29 is 10.2 Å². The lowest BCUT2D eigenvalue weighted by Gasteiger charge is -2.13. The van der Waals surface area contributed by atoms with Crippen molar-refractivity contribution in [2.75, 3.05) is 11.6 Å². The van der Waals surface area contributed by atoms with E-state index in [1.165, 1.54) is 17.7 Å². The van der Waals surface area contributed by atoms with Crippen LogP contribution in [0.1, 0.15) is 25.5 Å². The Morgan fingerprint density at radius 3 is 2.52 bits per heavy atom. The summed E-state index contributed by atoms with van der Waals surface area (Å²) in [7, 11) is 0. The van der Waals surface area contributed by atoms with Gasteiger partial charge in [-0.1, -0.05) is 30.3 Å². The van der Waals surface area contributed by atoms with Crippen molar-refractivity contribution in [2.24, 2.45) is 5.10 Å². The molecule has 0 unspecified atom stereocenters. The normalized spacial score (nSPS) is 16.8. The predicted octanol–water partition coefficient (Wildman–Crippen LogP) is 3.00. The first-order valence-corrected chi connectivity index (χ1v) is 8.21. The molecule has 0 radical (unpaired) electrons. The SMILES string of the molecule is CC1=NN(c2ccc([N+](=O)[O-])cc2)C/C1=C\[NH2+][C@H](C)c1ccccc1. The number of rotatable bonds is 5. The summed E-state index contributed by atoms with van der Waals surface area (Å²) < 4.78 is 0. The molecule has 3 rings (SSSR count). The Morgan fingerprint density at radius 2 is 1.88 bits per heavy atom. The number of nitro groups is 1. The fourth-order valence-electron chi connectivity index (χ4n) is 2.75. The van der Waals surface area contributed by atoms with Crippen molar-refractivity contribution in [1.29, 1.82) is 0 Å². The van der Waals surface area contributed by atoms with E-state index in [2.05, 4.69) is 35.7 Å². The van der Waals surface area contributed by atoms with Gasteiger partial charge in [-0.2, -0.15) is 5.10 Å². The number of hydrogen-bond acceptors (Lipinski definition) is 4. The highest BCUT2D eigenvalue weighted by Gasteiger charge is 2.20. The molecule has 0 saturated carbocycles. The summed E-state index contributed by atoms with van der Waals surface area (Å²) in [4.78, 5) is 10.4. The van der Waals surface area contributed by atoms with Crippen molar-refractivity contribution in [3.8, 4) is 0 Å². The van der Waals surface area contributed by atoms with E-state index in [9.17, 15) is 10.1 Å². The molecule has 6 heteroatoms. The maximum atomic E-state index is 10.8. The Morgan fingerprint density at radius 1 is 1.20 bits per heavy atom. The number of quaternary nitrogens is 1. The molecule has 0 spiro atoms. The summed E-state index contributed by atoms with van der Waals surface area (Å²) in [6.45, 7) is 4.82. The molecule has 0 aliphatic carbocycles. The lowest BCUT2D eigenvalue weighted by Crippen LogP contribution is -2.79. The maximum absolute atomic E-state index is 10.8. The minimum Gasteiger partial charge on any atom is -0.314 e. The molecule has 6 nitrogen and oxygen atoms in total. The number of anilines is 1. The highest BCUT2D eigenvalue weighted by atomic mass is 16.6. The fourth-order valence-corrected chi connectivity index (χ4v) is 2.75. The zero-order valence-corrected chi connectivity index (χ0v) is 14.3. The molecular formula is C19H21N4O2+. The summed E-state index contributed by atoms with van der Waals surface area (Å²) in [5.41, 5.74) is 4.34. The van der Waals surface area contributed by atoms with Gasteiger partial charge in [-0.3, -0.25) is 15.1 Å². The Kier molecular flexibility index (Phi) is 4.90. The molecule has 2 N–H and O–H groups in total. The first-order chi connectivity index (χ1) is 12.0. The number of hydrazone groups is 1. The molecule has 0 fully saturated rings. The molecule has 25 heavy (non-hydrogen) atoms. The highest BCUT2D eigenvalue weighted by molar-refractivity contribution is 6.01. The fraction of sp³-hybridized carbons (Fsp3) is 0.211. The van der Waals surface area contributed by atoms with Gasteiger partial charge >= 0.3 is 0 Å². The molecule has 128 valence electrons. The number of hydrogen-bond donors (Lipinski definition) is 1. The van der Waals surface area contributed by atoms with Crippen LogP contribution in [0.4, 0.5) is 11.4 Å². The van der Waals surface area contributed by atoms with Crippen LogP contribution in [0.15, 0.2) is 71.5 Å². The molecule has 0 aromatic heterocycles. The molecule has 0 amide bonds. The number of non-ortho nitro benzene ring substituents is 1. The minimum atomic E-state index is -0.395. The standard InChI is InChI=1S/C19H20N4O2/c1-14(16-6-4-3-5-7-16)20-12-17-13-22(21-15(17)2)18-8-10-19(11-9-18)23(24)25/h3-12,14,20H,13H2,1-2H3/p+1/b17-12+/t14-/m1/s1. The lowest BCUT2D eigenvalue weighted by atomic mass is 10.1. The van der Waals surface area contributed by atoms with Crippen molar-refractivity contribution in [2.45, 2.75) is 19.9 Å². The van der Waals surface area contributed by atoms with E-state index in [1.54, 1.807) is 12.1 Å². The number of nitrogens with two attached hydrogens (primary N) is 1. The van der Waals surface area contributed by atoms with Crippen LogP contribution in [0, 0.1) is 10.1 Å². The Bertz CT molecular complexity index is 813. The second kappa shape index (κ2) is 7.27. The second-order valence-corrected chi connectivity index (χ2v) is 6.10. The molecular weight excluding hydrogens is 316 g/mol. The maximum Gasteiger partial charge on any atom is 0.269 e. The van der Waals surface area contributed by atoms with Crippen molar-refractivity contribution in [1.82, 2.24) is 0 Å². The van der Waals surface area contributed by atoms with E-state index >= 15 is 0 Å². The Hall–Kier alpha value is -2.99. The summed E-state index contributed by atoms with van der Waals surface area (Å²) in [5, 5.41) is 19.4. The smallest absolute Gasteiger partial charge is 0.269 e. The molecule has 0 bridgehead atoms. The molecule has 1 heterocycles. The number of nitro benzene ring substituents is 1. The van der Waals surface area contributed by atoms with E-state index in [0.29, 0.717) is 12.6 Å². The van der Waals surface area contributed by atoms with E-state index in [0.717, 1.165) is 17.0 Å². The van der Waals surface area contributed by atoms with Gasteiger partial charge in [0.1, 0.15) is 12.2 Å². The molecule has 1 aliphatic heterocycles. The van der Waals surface area contributed by atoms with Crippen LogP contribution in [0.5, 0.6) is 0 Å². The van der Waals surface area contributed by atoms with Crippen LogP contribution in [-0.4, -0.2) is 17.2 Å². The molecule has 2 aromatic carbocycles. The van der Waals surface area contributed by atoms with Gasteiger partial charge in [-0.15, -0.1) is 0 Å². The summed E-state index contributed by atoms with van der Waals surface area (Å²) in [6.07, 6.45) is 2.13. The third kappa shape index (κ3) is 3.92. The third-order valence-electron chi connectivity index (χ3n) is 4.33. The van der Waals surface area contributed by atoms with E-state index < -0.39 is 4.92 Å². The molecule has 1 atom stereocenters. The van der Waals surface area contributed by atoms with E-state index in [-0.39, 0.29) is 5.69 Å². The third-order valence-corrected chi connectivity index (χ3v) is 4.33. The van der Waals surface area contributed by atoms with Gasteiger partial charge in [0, 0.05) is 23.3 Å². The average Bonchev–Trinajstić information content (AvgIpc) is 3.01. The largest absolute Gasteiger partial charge is 0.314 e. The summed E-state index contributed by atoms with van der Waals surface area (Å²) in [5.74, 6) is 0. The van der Waals surface area contributed by atoms with E-state index in [1.807, 2.05) is 30.1 Å². The van der Waals surface area contributed by atoms with Crippen molar-refractivity contribution >= 4 is 17.1 Å². The zero-order chi connectivity index (χ0) is 17.8. The first-order valence-electron chi connectivity index (χ1n) is 8.21. The van der Waals surface area contributed by atoms with Gasteiger partial charge < -0.3 is 5.32 Å². The van der Waals surface area contributed by atoms with Crippen LogP contribution in [-0.2, 0) is 0 Å². The van der Waals surface area contributed by atoms with Crippen molar-refractivity contribution in [3.63, 3.8) is 0 Å². The van der Waals surface area contributed by atoms with Crippen LogP contribution in [0.25, 0.3) is 0 Å². The lowest BCUT2D eigenvalue weighted by molar-refractivity contribution is -0.630. The van der Waals surface area contributed by atoms with Gasteiger partial charge in [0.15, 0.2) is 0 Å². The molecule has 1 aliphatic rings. The minimum absolute atomic E-state index is 0.0874. The first kappa shape index (κ1) is 16.9. The summed E-state index contributed by atoms with van der Waals surface area (Å²) in [6, 6.07) is 17.2. The van der Waals surface area contributed by atoms with Gasteiger partial charge in [0.05, 0.1) is 22.9 Å². The van der Waals surface area contributed by atoms with Gasteiger partial charge in [0.25, 0.3) is 5.69 Å². The predicted molar refractivity (Wildman–Crippen MR) is 98.4 cm³/mol. The van der Waals surface area contributed by atoms with Gasteiger partial charge in [0.2, 0.25) is 0 Å². The van der Waals surface area contributed by atoms with Gasteiger partial charge in [-0.25, -0.2) is 0 Å². The average molecular weight is 337 g/mol. The van der Waals surface area contributed by atoms with Gasteiger partial charge in [-0.05, 0) is 26.0 Å². The van der Waals surface area contributed by atoms with Crippen molar-refractivity contribution in [3.05, 3.63) is 82.0 Å². The van der Waals surface area contributed by atoms with E-state index in [4.69, 9.17) is 0 Å². The number of benzene rings is 2. The van der Waals surface area contributed by atoms with Crippen LogP contribution in [0.2, 0.25) is 0 Å². The summed E-state index contributed by atoms with van der Waals surface area (Å²) >= 11 is 0. The number of nitrogens with zero attached hydrogens (tertiary/aromatic N) is 3. The Labute approximate surface area is 146 Å². The second-order valence-electron chi connectivity index (χ2n) is 6.10. The van der Waals surface area contributed by atoms with Crippen LogP contribution in [0.3, 0.4) is 0 Å².